The fourth-order valence-corrected chi connectivity index (χ4v) is 1.02. The summed E-state index contributed by atoms with van der Waals surface area (Å²) in [4.78, 5) is 0. The fourth-order valence-electron chi connectivity index (χ4n) is 1.02. The summed E-state index contributed by atoms with van der Waals surface area (Å²) in [6.07, 6.45) is 5.11. The van der Waals surface area contributed by atoms with Crippen LogP contribution >= 0.6 is 0 Å². The van der Waals surface area contributed by atoms with Crippen molar-refractivity contribution in [3.63, 3.8) is 0 Å². The van der Waals surface area contributed by atoms with Gasteiger partial charge in [0.15, 0.2) is 0 Å². The fraction of sp³-hybridized carbons (Fsp3) is 1.00. The van der Waals surface area contributed by atoms with Crippen LogP contribution in [0.1, 0.15) is 25.7 Å². The molecule has 0 bridgehead atoms. The van der Waals surface area contributed by atoms with Crippen LogP contribution in [0.5, 0.6) is 0 Å². The van der Waals surface area contributed by atoms with Gasteiger partial charge in [0.1, 0.15) is 0 Å². The van der Waals surface area contributed by atoms with Gasteiger partial charge < -0.3 is 9.47 Å². The predicted octanol–water partition coefficient (Wildman–Crippen LogP) is 2.89. The zero-order chi connectivity index (χ0) is 11.6. The van der Waals surface area contributed by atoms with Gasteiger partial charge in [0.05, 0.1) is 0 Å². The molecule has 0 aromatic heterocycles. The molecule has 0 saturated carbocycles. The molecular weight excluding hydrogens is 332 g/mol. The Morgan fingerprint density at radius 2 is 0.800 bits per heavy atom. The molecule has 0 aliphatic carbocycles. The van der Waals surface area contributed by atoms with Gasteiger partial charge in [-0.2, -0.15) is 0 Å². The molecule has 2 heterocycles. The predicted molar refractivity (Wildman–Crippen MR) is 50.3 cm³/mol. The first-order valence-corrected chi connectivity index (χ1v) is 8.30. The van der Waals surface area contributed by atoms with E-state index in [2.05, 4.69) is 0 Å². The van der Waals surface area contributed by atoms with Crippen LogP contribution in [0.15, 0.2) is 0 Å². The molecule has 0 radical (unpaired) electrons. The summed E-state index contributed by atoms with van der Waals surface area (Å²) < 4.78 is 49.4. The van der Waals surface area contributed by atoms with Gasteiger partial charge in [0.25, 0.3) is 0 Å². The molecule has 94 valence electrons. The number of halogens is 4. The van der Waals surface area contributed by atoms with Gasteiger partial charge in [-0.3, -0.25) is 0 Å². The van der Waals surface area contributed by atoms with Crippen LogP contribution in [0.25, 0.3) is 0 Å². The van der Waals surface area contributed by atoms with Crippen molar-refractivity contribution in [2.75, 3.05) is 26.4 Å². The third-order valence-electron chi connectivity index (χ3n) is 1.65. The Hall–Kier alpha value is 0.430. The van der Waals surface area contributed by atoms with Crippen molar-refractivity contribution < 1.29 is 21.0 Å². The summed E-state index contributed by atoms with van der Waals surface area (Å²) >= 11 is -7.02. The standard InChI is InChI=1S/2C4H8O.F4Te/c2*1-2-4-5-3-1;1-5(2,3)4/h2*1-4H2;. The zero-order valence-corrected chi connectivity index (χ0v) is 10.7. The molecule has 0 amide bonds. The van der Waals surface area contributed by atoms with E-state index in [-0.39, 0.29) is 0 Å². The molecular formula is C8H16F4O2Te. The van der Waals surface area contributed by atoms with Crippen molar-refractivity contribution in [1.82, 2.24) is 0 Å². The van der Waals surface area contributed by atoms with Crippen LogP contribution in [-0.4, -0.2) is 46.9 Å². The Balaban J connectivity index is 0.000000196. The van der Waals surface area contributed by atoms with Gasteiger partial charge >= 0.3 is 32.0 Å². The summed E-state index contributed by atoms with van der Waals surface area (Å²) in [7, 11) is 0. The quantitative estimate of drug-likeness (QED) is 0.495. The van der Waals surface area contributed by atoms with E-state index in [1.807, 2.05) is 0 Å². The van der Waals surface area contributed by atoms with Crippen molar-refractivity contribution in [3.05, 3.63) is 0 Å². The van der Waals surface area contributed by atoms with Crippen LogP contribution in [0, 0.1) is 0 Å². The van der Waals surface area contributed by atoms with Crippen LogP contribution < -0.4 is 0 Å². The van der Waals surface area contributed by atoms with Gasteiger partial charge in [-0.05, 0) is 25.7 Å². The molecule has 0 N–H and O–H groups in total. The van der Waals surface area contributed by atoms with Crippen molar-refractivity contribution in [3.8, 4) is 0 Å². The Morgan fingerprint density at radius 1 is 0.600 bits per heavy atom. The normalized spacial score (nSPS) is 21.1. The van der Waals surface area contributed by atoms with E-state index < -0.39 is 20.5 Å². The van der Waals surface area contributed by atoms with Gasteiger partial charge in [0, 0.05) is 26.4 Å². The van der Waals surface area contributed by atoms with E-state index in [4.69, 9.17) is 9.47 Å². The van der Waals surface area contributed by atoms with Crippen molar-refractivity contribution in [2.24, 2.45) is 0 Å². The molecule has 15 heavy (non-hydrogen) atoms. The molecule has 2 rings (SSSR count). The van der Waals surface area contributed by atoms with Gasteiger partial charge in [-0.15, -0.1) is 0 Å². The Morgan fingerprint density at radius 3 is 0.867 bits per heavy atom. The van der Waals surface area contributed by atoms with E-state index in [1.54, 1.807) is 0 Å². The molecule has 2 saturated heterocycles. The van der Waals surface area contributed by atoms with Crippen LogP contribution in [0.3, 0.4) is 0 Å². The molecule has 2 aliphatic heterocycles. The number of rotatable bonds is 0. The third-order valence-corrected chi connectivity index (χ3v) is 1.65. The molecule has 0 unspecified atom stereocenters. The van der Waals surface area contributed by atoms with Gasteiger partial charge in [-0.1, -0.05) is 0 Å². The average Bonchev–Trinajstić information content (AvgIpc) is 2.81. The first-order valence-electron chi connectivity index (χ1n) is 4.77. The van der Waals surface area contributed by atoms with E-state index in [1.165, 1.54) is 25.7 Å². The zero-order valence-electron chi connectivity index (χ0n) is 8.39. The van der Waals surface area contributed by atoms with E-state index in [9.17, 15) is 11.6 Å². The molecule has 2 fully saturated rings. The second-order valence-electron chi connectivity index (χ2n) is 2.99. The average molecular weight is 348 g/mol. The maximum absolute atomic E-state index is 9.88. The Bertz CT molecular complexity index is 104. The maximum atomic E-state index is 9.88. The Kier molecular flexibility index (Phi) is 9.92. The number of hydrogen-bond donors (Lipinski definition) is 0. The molecule has 0 aromatic carbocycles. The van der Waals surface area contributed by atoms with E-state index in [0.717, 1.165) is 26.4 Å². The Labute approximate surface area is 93.8 Å². The van der Waals surface area contributed by atoms with E-state index in [0.29, 0.717) is 0 Å². The molecule has 0 aromatic rings. The summed E-state index contributed by atoms with van der Waals surface area (Å²) in [5.41, 5.74) is 0. The SMILES string of the molecule is C1CCOC1.C1CCOC1.F[Te](F)(F)F. The molecule has 0 atom stereocenters. The summed E-state index contributed by atoms with van der Waals surface area (Å²) in [6.45, 7) is 4.00. The number of hydrogen-bond acceptors (Lipinski definition) is 2. The van der Waals surface area contributed by atoms with Gasteiger partial charge in [0.2, 0.25) is 0 Å². The second-order valence-corrected chi connectivity index (χ2v) is 4.99. The molecule has 0 spiro atoms. The van der Waals surface area contributed by atoms with Crippen molar-refractivity contribution in [2.45, 2.75) is 25.7 Å². The second kappa shape index (κ2) is 9.64. The van der Waals surface area contributed by atoms with Crippen LogP contribution in [0.4, 0.5) is 11.6 Å². The minimum atomic E-state index is -7.02. The van der Waals surface area contributed by atoms with Crippen LogP contribution in [-0.2, 0) is 9.47 Å². The number of ether oxygens (including phenoxy) is 2. The molecule has 2 nitrogen and oxygen atoms in total. The third kappa shape index (κ3) is 20.5. The van der Waals surface area contributed by atoms with Crippen molar-refractivity contribution in [1.29, 1.82) is 0 Å². The van der Waals surface area contributed by atoms with E-state index >= 15 is 0 Å². The molecule has 7 heteroatoms. The monoisotopic (exact) mass is 350 g/mol. The van der Waals surface area contributed by atoms with Crippen molar-refractivity contribution >= 4 is 20.5 Å². The summed E-state index contributed by atoms with van der Waals surface area (Å²) in [5.74, 6) is 0. The summed E-state index contributed by atoms with van der Waals surface area (Å²) in [6, 6.07) is 0. The van der Waals surface area contributed by atoms with Gasteiger partial charge in [-0.25, -0.2) is 0 Å². The first-order chi connectivity index (χ1) is 7.00. The first kappa shape index (κ1) is 15.4. The topological polar surface area (TPSA) is 18.5 Å². The minimum absolute atomic E-state index is 1.00. The summed E-state index contributed by atoms with van der Waals surface area (Å²) in [5, 5.41) is 0. The van der Waals surface area contributed by atoms with Crippen LogP contribution in [0.2, 0.25) is 0 Å². The molecule has 2 aliphatic rings.